The van der Waals surface area contributed by atoms with Crippen molar-refractivity contribution < 1.29 is 14.5 Å². The molecule has 7 nitrogen and oxygen atoms in total. The first-order valence-electron chi connectivity index (χ1n) is 7.00. The Bertz CT molecular complexity index is 869. The van der Waals surface area contributed by atoms with Gasteiger partial charge in [0.15, 0.2) is 5.60 Å². The van der Waals surface area contributed by atoms with Gasteiger partial charge >= 0.3 is 0 Å². The van der Waals surface area contributed by atoms with E-state index in [1.54, 1.807) is 26.0 Å². The predicted octanol–water partition coefficient (Wildman–Crippen LogP) is 2.09. The average molecular weight is 314 g/mol. The first-order valence-corrected chi connectivity index (χ1v) is 7.00. The second-order valence-corrected chi connectivity index (χ2v) is 5.80. The highest BCUT2D eigenvalue weighted by molar-refractivity contribution is 5.95. The van der Waals surface area contributed by atoms with Crippen molar-refractivity contribution in [1.82, 2.24) is 4.57 Å². The van der Waals surface area contributed by atoms with Crippen LogP contribution >= 0.6 is 0 Å². The summed E-state index contributed by atoms with van der Waals surface area (Å²) >= 11 is 0. The zero-order valence-electron chi connectivity index (χ0n) is 12.6. The third kappa shape index (κ3) is 2.40. The van der Waals surface area contributed by atoms with Gasteiger partial charge in [-0.05, 0) is 26.0 Å². The minimum Gasteiger partial charge on any atom is -0.480 e. The van der Waals surface area contributed by atoms with E-state index in [4.69, 9.17) is 4.74 Å². The zero-order valence-corrected chi connectivity index (χ0v) is 12.6. The number of carbonyl (C=O) groups is 1. The number of nitro benzene ring substituents is 1. The topological polar surface area (TPSA) is 91.4 Å². The van der Waals surface area contributed by atoms with Gasteiger partial charge in [0.05, 0.1) is 4.92 Å². The van der Waals surface area contributed by atoms with Crippen molar-refractivity contribution in [3.63, 3.8) is 0 Å². The minimum atomic E-state index is -1.14. The fourth-order valence-corrected chi connectivity index (χ4v) is 2.68. The van der Waals surface area contributed by atoms with E-state index >= 15 is 0 Å². The summed E-state index contributed by atoms with van der Waals surface area (Å²) in [7, 11) is 0. The number of nitro groups is 1. The minimum absolute atomic E-state index is 0.158. The van der Waals surface area contributed by atoms with Gasteiger partial charge in [-0.25, -0.2) is 0 Å². The van der Waals surface area contributed by atoms with Crippen LogP contribution in [0.3, 0.4) is 0 Å². The lowest BCUT2D eigenvalue weighted by molar-refractivity contribution is -0.385. The molecule has 0 bridgehead atoms. The van der Waals surface area contributed by atoms with Gasteiger partial charge in [0.2, 0.25) is 5.78 Å². The maximum absolute atomic E-state index is 12.8. The fraction of sp³-hybridized carbons (Fsp3) is 0.250. The van der Waals surface area contributed by atoms with Crippen molar-refractivity contribution in [2.24, 2.45) is 0 Å². The molecule has 3 rings (SSSR count). The number of Topliss-reactive ketones (excluding diaryl/α,β-unsaturated/α-hetero) is 1. The van der Waals surface area contributed by atoms with Crippen LogP contribution in [0.25, 0.3) is 0 Å². The molecule has 0 saturated heterocycles. The third-order valence-electron chi connectivity index (χ3n) is 3.83. The molecule has 0 radical (unpaired) electrons. The Morgan fingerprint density at radius 3 is 2.61 bits per heavy atom. The second-order valence-electron chi connectivity index (χ2n) is 5.80. The number of aromatic nitrogens is 1. The molecule has 0 fully saturated rings. The van der Waals surface area contributed by atoms with E-state index in [0.29, 0.717) is 11.3 Å². The molecule has 1 unspecified atom stereocenters. The van der Waals surface area contributed by atoms with Gasteiger partial charge in [-0.15, -0.1) is 0 Å². The highest BCUT2D eigenvalue weighted by atomic mass is 16.6. The lowest BCUT2D eigenvalue weighted by Crippen LogP contribution is -2.48. The highest BCUT2D eigenvalue weighted by Gasteiger charge is 2.44. The lowest BCUT2D eigenvalue weighted by atomic mass is 9.87. The molecule has 1 aromatic heterocycles. The second kappa shape index (κ2) is 5.05. The van der Waals surface area contributed by atoms with Crippen LogP contribution in [-0.2, 0) is 4.79 Å². The molecule has 0 saturated carbocycles. The summed E-state index contributed by atoms with van der Waals surface area (Å²) in [6.45, 7) is 3.22. The number of benzene rings is 1. The van der Waals surface area contributed by atoms with Crippen LogP contribution in [0.1, 0.15) is 25.5 Å². The van der Waals surface area contributed by atoms with Crippen molar-refractivity contribution >= 4 is 11.5 Å². The molecule has 23 heavy (non-hydrogen) atoms. The summed E-state index contributed by atoms with van der Waals surface area (Å²) in [5.74, 6) is 0.0275. The van der Waals surface area contributed by atoms with Gasteiger partial charge in [0.25, 0.3) is 11.2 Å². The van der Waals surface area contributed by atoms with Gasteiger partial charge in [-0.3, -0.25) is 19.7 Å². The predicted molar refractivity (Wildman–Crippen MR) is 81.7 cm³/mol. The van der Waals surface area contributed by atoms with Crippen molar-refractivity contribution in [2.45, 2.75) is 25.5 Å². The standard InChI is InChI=1S/C16H14N2O5/c1-16(2)15(20)14(17-8-4-3-5-13(17)19)11-9-10(18(21)22)6-7-12(11)23-16/h3-9,14H,1-2H3. The van der Waals surface area contributed by atoms with Crippen LogP contribution in [0.15, 0.2) is 47.4 Å². The number of rotatable bonds is 2. The molecule has 1 aliphatic rings. The summed E-state index contributed by atoms with van der Waals surface area (Å²) in [5, 5.41) is 11.0. The third-order valence-corrected chi connectivity index (χ3v) is 3.83. The maximum atomic E-state index is 12.8. The van der Waals surface area contributed by atoms with E-state index in [1.165, 1.54) is 35.0 Å². The number of ether oxygens (including phenoxy) is 1. The molecule has 1 aliphatic heterocycles. The van der Waals surface area contributed by atoms with Crippen molar-refractivity contribution in [3.8, 4) is 5.75 Å². The Hall–Kier alpha value is -2.96. The number of non-ortho nitro benzene ring substituents is 1. The van der Waals surface area contributed by atoms with Crippen molar-refractivity contribution in [2.75, 3.05) is 0 Å². The van der Waals surface area contributed by atoms with Crippen molar-refractivity contribution in [3.05, 3.63) is 68.6 Å². The fourth-order valence-electron chi connectivity index (χ4n) is 2.68. The highest BCUT2D eigenvalue weighted by Crippen LogP contribution is 2.40. The van der Waals surface area contributed by atoms with Gasteiger partial charge in [0, 0.05) is 30.0 Å². The van der Waals surface area contributed by atoms with Crippen LogP contribution < -0.4 is 10.3 Å². The summed E-state index contributed by atoms with van der Waals surface area (Å²) in [6.07, 6.45) is 1.49. The number of pyridine rings is 1. The zero-order chi connectivity index (χ0) is 16.8. The Morgan fingerprint density at radius 2 is 1.96 bits per heavy atom. The van der Waals surface area contributed by atoms with Gasteiger partial charge in [-0.1, -0.05) is 6.07 Å². The van der Waals surface area contributed by atoms with Gasteiger partial charge in [-0.2, -0.15) is 0 Å². The van der Waals surface area contributed by atoms with E-state index in [1.807, 2.05) is 0 Å². The largest absolute Gasteiger partial charge is 0.480 e. The summed E-state index contributed by atoms with van der Waals surface area (Å²) in [4.78, 5) is 35.4. The Labute approximate surface area is 131 Å². The van der Waals surface area contributed by atoms with E-state index < -0.39 is 16.6 Å². The number of hydrogen-bond donors (Lipinski definition) is 0. The van der Waals surface area contributed by atoms with Crippen molar-refractivity contribution in [1.29, 1.82) is 0 Å². The molecular formula is C16H14N2O5. The van der Waals surface area contributed by atoms with Crippen LogP contribution in [0.2, 0.25) is 0 Å². The van der Waals surface area contributed by atoms with E-state index in [9.17, 15) is 19.7 Å². The number of carbonyl (C=O) groups excluding carboxylic acids is 1. The van der Waals surface area contributed by atoms with Crippen LogP contribution in [0, 0.1) is 10.1 Å². The molecule has 0 aliphatic carbocycles. The smallest absolute Gasteiger partial charge is 0.270 e. The molecular weight excluding hydrogens is 300 g/mol. The summed E-state index contributed by atoms with van der Waals surface area (Å²) in [5.41, 5.74) is -1.34. The molecule has 1 atom stereocenters. The number of nitrogens with zero attached hydrogens (tertiary/aromatic N) is 2. The van der Waals surface area contributed by atoms with Crippen LogP contribution in [0.5, 0.6) is 5.75 Å². The summed E-state index contributed by atoms with van der Waals surface area (Å²) in [6, 6.07) is 7.65. The lowest BCUT2D eigenvalue weighted by Gasteiger charge is -2.36. The van der Waals surface area contributed by atoms with E-state index in [-0.39, 0.29) is 17.0 Å². The Kier molecular flexibility index (Phi) is 3.28. The quantitative estimate of drug-likeness (QED) is 0.625. The van der Waals surface area contributed by atoms with Gasteiger partial charge < -0.3 is 9.30 Å². The number of hydrogen-bond acceptors (Lipinski definition) is 5. The molecule has 2 heterocycles. The summed E-state index contributed by atoms with van der Waals surface area (Å²) < 4.78 is 6.94. The number of ketones is 1. The molecule has 0 spiro atoms. The average Bonchev–Trinajstić information content (AvgIpc) is 2.49. The van der Waals surface area contributed by atoms with Gasteiger partial charge in [0.1, 0.15) is 11.8 Å². The molecule has 1 aromatic carbocycles. The maximum Gasteiger partial charge on any atom is 0.270 e. The van der Waals surface area contributed by atoms with E-state index in [2.05, 4.69) is 0 Å². The van der Waals surface area contributed by atoms with Crippen LogP contribution in [-0.4, -0.2) is 20.9 Å². The Balaban J connectivity index is 2.28. The Morgan fingerprint density at radius 1 is 1.22 bits per heavy atom. The number of fused-ring (bicyclic) bond motifs is 1. The first-order chi connectivity index (χ1) is 10.8. The SMILES string of the molecule is CC1(C)Oc2ccc([N+](=O)[O-])cc2C(n2ccccc2=O)C1=O. The van der Waals surface area contributed by atoms with E-state index in [0.717, 1.165) is 0 Å². The first kappa shape index (κ1) is 15.0. The molecule has 118 valence electrons. The molecule has 0 amide bonds. The van der Waals surface area contributed by atoms with Crippen LogP contribution in [0.4, 0.5) is 5.69 Å². The molecule has 0 N–H and O–H groups in total. The molecule has 2 aromatic rings. The monoisotopic (exact) mass is 314 g/mol. The normalized spacial score (nSPS) is 18.9. The molecule has 7 heteroatoms.